The topological polar surface area (TPSA) is 97.4 Å². The van der Waals surface area contributed by atoms with E-state index in [0.29, 0.717) is 22.8 Å². The first-order chi connectivity index (χ1) is 15.4. The van der Waals surface area contributed by atoms with Crippen LogP contribution in [0.15, 0.2) is 54.3 Å². The average Bonchev–Trinajstić information content (AvgIpc) is 2.80. The van der Waals surface area contributed by atoms with E-state index >= 15 is 0 Å². The molecule has 0 heterocycles. The van der Waals surface area contributed by atoms with Gasteiger partial charge in [0.2, 0.25) is 5.78 Å². The molecule has 0 amide bonds. The van der Waals surface area contributed by atoms with Crippen molar-refractivity contribution in [3.63, 3.8) is 0 Å². The molecule has 32 heavy (non-hydrogen) atoms. The number of carbonyl (C=O) groups is 3. The lowest BCUT2D eigenvalue weighted by molar-refractivity contribution is -0.133. The maximum atomic E-state index is 12.7. The molecule has 0 saturated heterocycles. The predicted molar refractivity (Wildman–Crippen MR) is 115 cm³/mol. The normalized spacial score (nSPS) is 13.1. The minimum Gasteiger partial charge on any atom is -0.497 e. The van der Waals surface area contributed by atoms with Gasteiger partial charge in [-0.1, -0.05) is 12.1 Å². The van der Waals surface area contributed by atoms with Gasteiger partial charge in [-0.3, -0.25) is 14.4 Å². The summed E-state index contributed by atoms with van der Waals surface area (Å²) in [5.74, 6) is -0.340. The summed E-state index contributed by atoms with van der Waals surface area (Å²) in [7, 11) is 5.70. The number of ketones is 2. The smallest absolute Gasteiger partial charge is 0.315 e. The van der Waals surface area contributed by atoms with E-state index in [4.69, 9.17) is 23.7 Å². The summed E-state index contributed by atoms with van der Waals surface area (Å²) >= 11 is 0. The lowest BCUT2D eigenvalue weighted by Crippen LogP contribution is -2.16. The number of allylic oxidation sites excluding steroid dienone is 3. The number of carbonyl (C=O) groups excluding carboxylic acids is 3. The zero-order chi connectivity index (χ0) is 23.3. The number of benzene rings is 2. The molecule has 0 fully saturated rings. The molecule has 0 N–H and O–H groups in total. The second-order valence-corrected chi connectivity index (χ2v) is 6.70. The van der Waals surface area contributed by atoms with Crippen molar-refractivity contribution < 1.29 is 38.1 Å². The van der Waals surface area contributed by atoms with Gasteiger partial charge in [0, 0.05) is 29.4 Å². The van der Waals surface area contributed by atoms with Crippen molar-refractivity contribution in [3.8, 4) is 23.0 Å². The monoisotopic (exact) mass is 438 g/mol. The van der Waals surface area contributed by atoms with E-state index in [0.717, 1.165) is 12.2 Å². The number of esters is 1. The summed E-state index contributed by atoms with van der Waals surface area (Å²) in [5, 5.41) is 0. The van der Waals surface area contributed by atoms with Gasteiger partial charge < -0.3 is 23.7 Å². The van der Waals surface area contributed by atoms with Crippen molar-refractivity contribution in [1.82, 2.24) is 0 Å². The largest absolute Gasteiger partial charge is 0.497 e. The van der Waals surface area contributed by atoms with Crippen LogP contribution in [0.25, 0.3) is 5.57 Å². The Labute approximate surface area is 185 Å². The highest BCUT2D eigenvalue weighted by atomic mass is 16.5. The molecule has 2 aromatic rings. The van der Waals surface area contributed by atoms with Crippen molar-refractivity contribution in [2.45, 2.75) is 6.42 Å². The van der Waals surface area contributed by atoms with Gasteiger partial charge >= 0.3 is 5.97 Å². The Hall–Kier alpha value is -4.07. The van der Waals surface area contributed by atoms with E-state index in [9.17, 15) is 14.4 Å². The van der Waals surface area contributed by atoms with E-state index in [1.165, 1.54) is 40.6 Å². The Balaban J connectivity index is 1.98. The molecule has 1 aliphatic rings. The molecule has 0 spiro atoms. The van der Waals surface area contributed by atoms with Gasteiger partial charge in [-0.25, -0.2) is 0 Å². The van der Waals surface area contributed by atoms with E-state index in [-0.39, 0.29) is 29.1 Å². The van der Waals surface area contributed by atoms with E-state index < -0.39 is 17.5 Å². The van der Waals surface area contributed by atoms with Gasteiger partial charge in [0.15, 0.2) is 23.0 Å². The molecule has 0 bridgehead atoms. The molecule has 8 nitrogen and oxygen atoms in total. The molecule has 8 heteroatoms. The third-order valence-corrected chi connectivity index (χ3v) is 4.75. The zero-order valence-corrected chi connectivity index (χ0v) is 18.1. The summed E-state index contributed by atoms with van der Waals surface area (Å²) < 4.78 is 26.3. The Morgan fingerprint density at radius 1 is 0.781 bits per heavy atom. The molecule has 0 aromatic heterocycles. The van der Waals surface area contributed by atoms with Crippen LogP contribution in [0, 0.1) is 0 Å². The molecule has 166 valence electrons. The standard InChI is InChI=1S/C24H22O8/c1-28-15-7-5-6-14(8-15)9-24(27)32-20-13-23(31-4)22(30-3)11-17(20)16-10-19(26)21(29-2)12-18(16)25/h5-8,10-13H,9H2,1-4H3. The lowest BCUT2D eigenvalue weighted by Gasteiger charge is -2.17. The van der Waals surface area contributed by atoms with Gasteiger partial charge in [-0.2, -0.15) is 0 Å². The Morgan fingerprint density at radius 3 is 2.16 bits per heavy atom. The molecule has 1 aliphatic carbocycles. The summed E-state index contributed by atoms with van der Waals surface area (Å²) in [6, 6.07) is 9.94. The van der Waals surface area contributed by atoms with Crippen molar-refractivity contribution in [2.75, 3.05) is 28.4 Å². The molecule has 0 radical (unpaired) electrons. The zero-order valence-electron chi connectivity index (χ0n) is 18.1. The van der Waals surface area contributed by atoms with Crippen LogP contribution < -0.4 is 18.9 Å². The van der Waals surface area contributed by atoms with Crippen LogP contribution in [0.3, 0.4) is 0 Å². The van der Waals surface area contributed by atoms with Crippen LogP contribution >= 0.6 is 0 Å². The van der Waals surface area contributed by atoms with Gasteiger partial charge in [0.25, 0.3) is 0 Å². The second-order valence-electron chi connectivity index (χ2n) is 6.70. The van der Waals surface area contributed by atoms with Crippen LogP contribution in [0.1, 0.15) is 11.1 Å². The fourth-order valence-corrected chi connectivity index (χ4v) is 3.17. The number of ether oxygens (including phenoxy) is 5. The lowest BCUT2D eigenvalue weighted by atomic mass is 9.94. The second kappa shape index (κ2) is 9.82. The minimum atomic E-state index is -0.574. The average molecular weight is 438 g/mol. The first-order valence-corrected chi connectivity index (χ1v) is 9.56. The quantitative estimate of drug-likeness (QED) is 0.353. The highest BCUT2D eigenvalue weighted by Gasteiger charge is 2.27. The molecule has 0 aliphatic heterocycles. The third-order valence-electron chi connectivity index (χ3n) is 4.75. The molecule has 2 aromatic carbocycles. The SMILES string of the molecule is COC1=CC(=O)C(c2cc(OC)c(OC)cc2OC(=O)Cc2cccc(OC)c2)=CC1=O. The number of methoxy groups -OCH3 is 4. The summed E-state index contributed by atoms with van der Waals surface area (Å²) in [4.78, 5) is 37.6. The van der Waals surface area contributed by atoms with Crippen molar-refractivity contribution in [3.05, 3.63) is 65.4 Å². The highest BCUT2D eigenvalue weighted by molar-refractivity contribution is 6.35. The fourth-order valence-electron chi connectivity index (χ4n) is 3.17. The Morgan fingerprint density at radius 2 is 1.50 bits per heavy atom. The van der Waals surface area contributed by atoms with Gasteiger partial charge in [0.05, 0.1) is 34.9 Å². The minimum absolute atomic E-state index is 0.0371. The fraction of sp³-hybridized carbons (Fsp3) is 0.208. The van der Waals surface area contributed by atoms with Crippen LogP contribution in [0.5, 0.6) is 23.0 Å². The predicted octanol–water partition coefficient (Wildman–Crippen LogP) is 2.93. The van der Waals surface area contributed by atoms with Crippen LogP contribution in [-0.4, -0.2) is 46.0 Å². The van der Waals surface area contributed by atoms with Gasteiger partial charge in [-0.05, 0) is 23.8 Å². The Bertz CT molecular complexity index is 1130. The van der Waals surface area contributed by atoms with Crippen molar-refractivity contribution in [1.29, 1.82) is 0 Å². The van der Waals surface area contributed by atoms with E-state index in [1.807, 2.05) is 0 Å². The number of hydrogen-bond acceptors (Lipinski definition) is 8. The van der Waals surface area contributed by atoms with Crippen molar-refractivity contribution >= 4 is 23.1 Å². The molecule has 0 atom stereocenters. The first-order valence-electron chi connectivity index (χ1n) is 9.56. The number of rotatable bonds is 8. The third kappa shape index (κ3) is 4.80. The molecule has 3 rings (SSSR count). The highest BCUT2D eigenvalue weighted by Crippen LogP contribution is 2.39. The molecular weight excluding hydrogens is 416 g/mol. The molecule has 0 saturated carbocycles. The van der Waals surface area contributed by atoms with E-state index in [1.54, 1.807) is 24.3 Å². The van der Waals surface area contributed by atoms with Crippen molar-refractivity contribution in [2.24, 2.45) is 0 Å². The van der Waals surface area contributed by atoms with Crippen LogP contribution in [0.4, 0.5) is 0 Å². The first kappa shape index (κ1) is 22.6. The number of hydrogen-bond donors (Lipinski definition) is 0. The summed E-state index contributed by atoms with van der Waals surface area (Å²) in [6.45, 7) is 0. The maximum absolute atomic E-state index is 12.7. The molecule has 0 unspecified atom stereocenters. The van der Waals surface area contributed by atoms with Gasteiger partial charge in [-0.15, -0.1) is 0 Å². The summed E-state index contributed by atoms with van der Waals surface area (Å²) in [5.41, 5.74) is 0.944. The van der Waals surface area contributed by atoms with Crippen LogP contribution in [0.2, 0.25) is 0 Å². The maximum Gasteiger partial charge on any atom is 0.315 e. The van der Waals surface area contributed by atoms with Gasteiger partial charge in [0.1, 0.15) is 11.5 Å². The summed E-state index contributed by atoms with van der Waals surface area (Å²) in [6.07, 6.45) is 2.20. The Kier molecular flexibility index (Phi) is 6.94. The molecular formula is C24H22O8. The van der Waals surface area contributed by atoms with Crippen LogP contribution in [-0.2, 0) is 25.5 Å². The van der Waals surface area contributed by atoms with E-state index in [2.05, 4.69) is 0 Å².